The summed E-state index contributed by atoms with van der Waals surface area (Å²) in [6.07, 6.45) is 1.44. The molecule has 2 aromatic carbocycles. The molecule has 0 atom stereocenters. The third-order valence-corrected chi connectivity index (χ3v) is 4.27. The topological polar surface area (TPSA) is 101 Å². The summed E-state index contributed by atoms with van der Waals surface area (Å²) in [7, 11) is 3.13. The summed E-state index contributed by atoms with van der Waals surface area (Å²) in [4.78, 5) is 30.9. The molecule has 0 saturated heterocycles. The lowest BCUT2D eigenvalue weighted by Gasteiger charge is -2.00. The Morgan fingerprint density at radius 3 is 2.33 bits per heavy atom. The second-order valence-corrected chi connectivity index (χ2v) is 5.85. The number of methoxy groups -OCH3 is 2. The molecule has 8 nitrogen and oxygen atoms in total. The average Bonchev–Trinajstić information content (AvgIpc) is 3.06. The molecule has 0 bridgehead atoms. The molecule has 0 spiro atoms. The van der Waals surface area contributed by atoms with Crippen LogP contribution in [0.2, 0.25) is 0 Å². The number of nitrogens with zero attached hydrogens (tertiary/aromatic N) is 2. The third kappa shape index (κ3) is 2.86. The van der Waals surface area contributed by atoms with Gasteiger partial charge in [0.15, 0.2) is 0 Å². The van der Waals surface area contributed by atoms with Crippen LogP contribution < -0.4 is 20.7 Å². The molecular weight excluding hydrogens is 348 g/mol. The number of ether oxygens (including phenoxy) is 2. The molecule has 0 saturated carbocycles. The van der Waals surface area contributed by atoms with Gasteiger partial charge in [0.25, 0.3) is 0 Å². The highest BCUT2D eigenvalue weighted by Crippen LogP contribution is 2.25. The van der Waals surface area contributed by atoms with Crippen LogP contribution in [0.1, 0.15) is 5.56 Å². The normalized spacial score (nSPS) is 11.5. The number of hydrogen-bond donors (Lipinski definition) is 2. The van der Waals surface area contributed by atoms with Crippen LogP contribution >= 0.6 is 0 Å². The number of fused-ring (bicyclic) bond motifs is 3. The van der Waals surface area contributed by atoms with Crippen LogP contribution in [-0.4, -0.2) is 35.1 Å². The molecule has 4 aromatic rings. The van der Waals surface area contributed by atoms with Gasteiger partial charge >= 0.3 is 11.2 Å². The van der Waals surface area contributed by atoms with E-state index in [0.29, 0.717) is 22.4 Å². The van der Waals surface area contributed by atoms with Crippen LogP contribution in [0, 0.1) is 0 Å². The number of aromatic nitrogens is 3. The van der Waals surface area contributed by atoms with Crippen LogP contribution in [0.15, 0.2) is 57.2 Å². The molecular formula is C19H16N4O4. The predicted molar refractivity (Wildman–Crippen MR) is 103 cm³/mol. The second-order valence-electron chi connectivity index (χ2n) is 5.85. The fraction of sp³-hybridized carbons (Fsp3) is 0.105. The van der Waals surface area contributed by atoms with Crippen LogP contribution in [0.3, 0.4) is 0 Å². The minimum atomic E-state index is -0.624. The van der Waals surface area contributed by atoms with Gasteiger partial charge < -0.3 is 19.4 Å². The van der Waals surface area contributed by atoms with Gasteiger partial charge in [0.1, 0.15) is 17.0 Å². The van der Waals surface area contributed by atoms with Gasteiger partial charge in [-0.1, -0.05) is 0 Å². The van der Waals surface area contributed by atoms with Gasteiger partial charge in [-0.3, -0.25) is 4.79 Å². The summed E-state index contributed by atoms with van der Waals surface area (Å²) in [6, 6.07) is 12.4. The van der Waals surface area contributed by atoms with Crippen molar-refractivity contribution in [1.82, 2.24) is 14.6 Å². The molecule has 136 valence electrons. The molecule has 2 heterocycles. The second kappa shape index (κ2) is 6.49. The van der Waals surface area contributed by atoms with Crippen molar-refractivity contribution in [1.29, 1.82) is 0 Å². The molecule has 27 heavy (non-hydrogen) atoms. The molecule has 0 amide bonds. The molecule has 0 aliphatic carbocycles. The maximum absolute atomic E-state index is 12.7. The molecule has 0 radical (unpaired) electrons. The van der Waals surface area contributed by atoms with E-state index in [9.17, 15) is 9.59 Å². The van der Waals surface area contributed by atoms with Crippen molar-refractivity contribution in [3.63, 3.8) is 0 Å². The SMILES string of the molecule is COc1ccc(/C=N/n2c(=O)[nH]c3c([nH]c4ccc(OC)cc43)c2=O)cc1. The summed E-state index contributed by atoms with van der Waals surface area (Å²) >= 11 is 0. The lowest BCUT2D eigenvalue weighted by atomic mass is 10.2. The molecule has 0 unspecified atom stereocenters. The Hall–Kier alpha value is -3.81. The summed E-state index contributed by atoms with van der Waals surface area (Å²) in [5, 5.41) is 4.73. The Morgan fingerprint density at radius 1 is 0.926 bits per heavy atom. The van der Waals surface area contributed by atoms with Crippen molar-refractivity contribution in [2.75, 3.05) is 14.2 Å². The standard InChI is InChI=1S/C19H16N4O4/c1-26-12-5-3-11(4-6-12)10-20-23-18(24)17-16(22-19(23)25)14-9-13(27-2)7-8-15(14)21-17/h3-10,21H,1-2H3,(H,22,25)/b20-10+. The van der Waals surface area contributed by atoms with E-state index in [1.165, 1.54) is 6.21 Å². The number of rotatable bonds is 4. The van der Waals surface area contributed by atoms with Crippen molar-refractivity contribution in [2.45, 2.75) is 0 Å². The number of benzene rings is 2. The van der Waals surface area contributed by atoms with E-state index < -0.39 is 11.2 Å². The van der Waals surface area contributed by atoms with Gasteiger partial charge in [-0.05, 0) is 48.0 Å². The highest BCUT2D eigenvalue weighted by molar-refractivity contribution is 6.04. The first-order valence-electron chi connectivity index (χ1n) is 8.14. The molecule has 4 rings (SSSR count). The first-order valence-corrected chi connectivity index (χ1v) is 8.14. The van der Waals surface area contributed by atoms with Gasteiger partial charge in [0, 0.05) is 10.9 Å². The summed E-state index contributed by atoms with van der Waals surface area (Å²) in [5.41, 5.74) is 0.980. The Bertz CT molecular complexity index is 1280. The highest BCUT2D eigenvalue weighted by atomic mass is 16.5. The lowest BCUT2D eigenvalue weighted by Crippen LogP contribution is -2.32. The Labute approximate surface area is 152 Å². The lowest BCUT2D eigenvalue weighted by molar-refractivity contribution is 0.415. The molecule has 0 aliphatic rings. The van der Waals surface area contributed by atoms with E-state index in [1.807, 2.05) is 0 Å². The zero-order valence-corrected chi connectivity index (χ0v) is 14.6. The minimum absolute atomic E-state index is 0.268. The van der Waals surface area contributed by atoms with Crippen molar-refractivity contribution in [3.8, 4) is 11.5 Å². The van der Waals surface area contributed by atoms with E-state index in [-0.39, 0.29) is 5.52 Å². The maximum atomic E-state index is 12.7. The van der Waals surface area contributed by atoms with Crippen LogP contribution in [0.25, 0.3) is 21.9 Å². The fourth-order valence-corrected chi connectivity index (χ4v) is 2.87. The highest BCUT2D eigenvalue weighted by Gasteiger charge is 2.13. The predicted octanol–water partition coefficient (Wildman–Crippen LogP) is 2.07. The van der Waals surface area contributed by atoms with E-state index in [4.69, 9.17) is 9.47 Å². The van der Waals surface area contributed by atoms with Gasteiger partial charge in [-0.15, -0.1) is 4.68 Å². The maximum Gasteiger partial charge on any atom is 0.350 e. The van der Waals surface area contributed by atoms with Gasteiger partial charge in [0.05, 0.1) is 26.0 Å². The van der Waals surface area contributed by atoms with E-state index in [0.717, 1.165) is 15.8 Å². The summed E-state index contributed by atoms with van der Waals surface area (Å²) < 4.78 is 11.1. The minimum Gasteiger partial charge on any atom is -0.497 e. The zero-order chi connectivity index (χ0) is 19.0. The molecule has 2 aromatic heterocycles. The van der Waals surface area contributed by atoms with Crippen molar-refractivity contribution in [3.05, 3.63) is 68.9 Å². The third-order valence-electron chi connectivity index (χ3n) is 4.27. The quantitative estimate of drug-likeness (QED) is 0.541. The fourth-order valence-electron chi connectivity index (χ4n) is 2.87. The van der Waals surface area contributed by atoms with Gasteiger partial charge in [0.2, 0.25) is 0 Å². The van der Waals surface area contributed by atoms with Gasteiger partial charge in [-0.25, -0.2) is 4.79 Å². The Kier molecular flexibility index (Phi) is 4.00. The largest absolute Gasteiger partial charge is 0.497 e. The smallest absolute Gasteiger partial charge is 0.350 e. The average molecular weight is 364 g/mol. The molecule has 2 N–H and O–H groups in total. The number of H-pyrrole nitrogens is 2. The number of nitrogens with one attached hydrogen (secondary N) is 2. The van der Waals surface area contributed by atoms with Crippen molar-refractivity contribution in [2.24, 2.45) is 5.10 Å². The van der Waals surface area contributed by atoms with Crippen molar-refractivity contribution < 1.29 is 9.47 Å². The molecule has 8 heteroatoms. The van der Waals surface area contributed by atoms with Crippen LogP contribution in [0.4, 0.5) is 0 Å². The first kappa shape index (κ1) is 16.6. The monoisotopic (exact) mass is 364 g/mol. The molecule has 0 fully saturated rings. The van der Waals surface area contributed by atoms with Crippen LogP contribution in [0.5, 0.6) is 11.5 Å². The first-order chi connectivity index (χ1) is 13.1. The van der Waals surface area contributed by atoms with E-state index in [2.05, 4.69) is 15.1 Å². The summed E-state index contributed by atoms with van der Waals surface area (Å²) in [6.45, 7) is 0. The number of aromatic amines is 2. The summed E-state index contributed by atoms with van der Waals surface area (Å²) in [5.74, 6) is 1.34. The van der Waals surface area contributed by atoms with Crippen LogP contribution in [-0.2, 0) is 0 Å². The Morgan fingerprint density at radius 2 is 1.63 bits per heavy atom. The van der Waals surface area contributed by atoms with Gasteiger partial charge in [-0.2, -0.15) is 5.10 Å². The number of hydrogen-bond acceptors (Lipinski definition) is 5. The van der Waals surface area contributed by atoms with Crippen molar-refractivity contribution >= 4 is 28.2 Å². The van der Waals surface area contributed by atoms with E-state index >= 15 is 0 Å². The molecule has 0 aliphatic heterocycles. The zero-order valence-electron chi connectivity index (χ0n) is 14.6. The van der Waals surface area contributed by atoms with E-state index in [1.54, 1.807) is 56.7 Å². The Balaban J connectivity index is 1.83.